The number of amides is 1. The van der Waals surface area contributed by atoms with Gasteiger partial charge in [0.15, 0.2) is 0 Å². The topological polar surface area (TPSA) is 60.3 Å². The van der Waals surface area contributed by atoms with Crippen LogP contribution in [0.25, 0.3) is 0 Å². The van der Waals surface area contributed by atoms with Crippen molar-refractivity contribution in [3.05, 3.63) is 24.0 Å². The molecule has 0 saturated carbocycles. The van der Waals surface area contributed by atoms with Crippen LogP contribution < -0.4 is 5.32 Å². The Labute approximate surface area is 107 Å². The first kappa shape index (κ1) is 15.1. The Kier molecular flexibility index (Phi) is 4.96. The van der Waals surface area contributed by atoms with Gasteiger partial charge in [-0.25, -0.2) is 4.79 Å². The van der Waals surface area contributed by atoms with Crippen molar-refractivity contribution in [2.75, 3.05) is 13.2 Å². The van der Waals surface area contributed by atoms with E-state index in [4.69, 9.17) is 4.74 Å². The summed E-state index contributed by atoms with van der Waals surface area (Å²) in [5, 5.41) is 1.72. The predicted octanol–water partition coefficient (Wildman–Crippen LogP) is 1.34. The van der Waals surface area contributed by atoms with Crippen molar-refractivity contribution >= 4 is 11.9 Å². The normalized spacial score (nSPS) is 11.2. The first-order valence-corrected chi connectivity index (χ1v) is 5.49. The van der Waals surface area contributed by atoms with Gasteiger partial charge in [-0.1, -0.05) is 0 Å². The second-order valence-electron chi connectivity index (χ2n) is 3.63. The lowest BCUT2D eigenvalue weighted by atomic mass is 10.4. The van der Waals surface area contributed by atoms with Crippen LogP contribution in [0.1, 0.15) is 17.4 Å². The quantitative estimate of drug-likeness (QED) is 0.827. The number of halogens is 3. The summed E-state index contributed by atoms with van der Waals surface area (Å²) in [6, 6.07) is 2.93. The van der Waals surface area contributed by atoms with E-state index < -0.39 is 24.6 Å². The molecule has 1 amide bonds. The molecule has 0 atom stereocenters. The molecule has 5 nitrogen and oxygen atoms in total. The van der Waals surface area contributed by atoms with Crippen LogP contribution in [-0.2, 0) is 16.1 Å². The average molecular weight is 278 g/mol. The number of carbonyl (C=O) groups is 2. The van der Waals surface area contributed by atoms with Crippen molar-refractivity contribution in [2.24, 2.45) is 0 Å². The number of nitrogens with zero attached hydrogens (tertiary/aromatic N) is 1. The van der Waals surface area contributed by atoms with Crippen LogP contribution in [0.15, 0.2) is 18.3 Å². The first-order chi connectivity index (χ1) is 8.83. The lowest BCUT2D eigenvalue weighted by Gasteiger charge is -2.10. The van der Waals surface area contributed by atoms with E-state index in [0.29, 0.717) is 0 Å². The first-order valence-electron chi connectivity index (χ1n) is 5.49. The summed E-state index contributed by atoms with van der Waals surface area (Å²) in [4.78, 5) is 22.8. The fourth-order valence-corrected chi connectivity index (χ4v) is 1.35. The Hall–Kier alpha value is -1.99. The zero-order valence-corrected chi connectivity index (χ0v) is 10.2. The van der Waals surface area contributed by atoms with Gasteiger partial charge in [-0.15, -0.1) is 0 Å². The molecule has 0 unspecified atom stereocenters. The van der Waals surface area contributed by atoms with Gasteiger partial charge in [0.25, 0.3) is 0 Å². The number of rotatable bonds is 5. The highest BCUT2D eigenvalue weighted by Gasteiger charge is 2.27. The van der Waals surface area contributed by atoms with Gasteiger partial charge >= 0.3 is 12.1 Å². The standard InChI is InChI=1S/C11H13F3N2O3/c1-2-19-10(18)8-4-3-5-16(8)6-9(17)15-7-11(12,13)14/h3-5H,2,6-7H2,1H3,(H,15,17). The van der Waals surface area contributed by atoms with Crippen LogP contribution in [-0.4, -0.2) is 35.8 Å². The van der Waals surface area contributed by atoms with Gasteiger partial charge in [-0.05, 0) is 19.1 Å². The lowest BCUT2D eigenvalue weighted by molar-refractivity contribution is -0.138. The minimum absolute atomic E-state index is 0.115. The second-order valence-corrected chi connectivity index (χ2v) is 3.63. The molecule has 8 heteroatoms. The van der Waals surface area contributed by atoms with Crippen molar-refractivity contribution in [1.29, 1.82) is 0 Å². The molecule has 0 spiro atoms. The third-order valence-corrected chi connectivity index (χ3v) is 2.11. The van der Waals surface area contributed by atoms with Crippen LogP contribution in [0.5, 0.6) is 0 Å². The molecule has 0 aliphatic heterocycles. The lowest BCUT2D eigenvalue weighted by Crippen LogP contribution is -2.36. The Morgan fingerprint density at radius 2 is 2.11 bits per heavy atom. The van der Waals surface area contributed by atoms with Crippen molar-refractivity contribution in [3.8, 4) is 0 Å². The third kappa shape index (κ3) is 5.02. The average Bonchev–Trinajstić information content (AvgIpc) is 2.74. The van der Waals surface area contributed by atoms with Crippen molar-refractivity contribution in [3.63, 3.8) is 0 Å². The Morgan fingerprint density at radius 1 is 1.42 bits per heavy atom. The highest BCUT2D eigenvalue weighted by atomic mass is 19.4. The summed E-state index contributed by atoms with van der Waals surface area (Å²) in [5.74, 6) is -1.46. The summed E-state index contributed by atoms with van der Waals surface area (Å²) in [5.41, 5.74) is 0.115. The molecule has 19 heavy (non-hydrogen) atoms. The van der Waals surface area contributed by atoms with Crippen LogP contribution in [0.3, 0.4) is 0 Å². The molecule has 1 rings (SSSR count). The highest BCUT2D eigenvalue weighted by molar-refractivity contribution is 5.88. The zero-order chi connectivity index (χ0) is 14.5. The SMILES string of the molecule is CCOC(=O)c1cccn1CC(=O)NCC(F)(F)F. The zero-order valence-electron chi connectivity index (χ0n) is 10.2. The maximum Gasteiger partial charge on any atom is 0.405 e. The predicted molar refractivity (Wildman–Crippen MR) is 59.5 cm³/mol. The van der Waals surface area contributed by atoms with Crippen LogP contribution in [0, 0.1) is 0 Å². The van der Waals surface area contributed by atoms with Crippen molar-refractivity contribution in [2.45, 2.75) is 19.6 Å². The summed E-state index contributed by atoms with van der Waals surface area (Å²) in [6.45, 7) is 0.0184. The van der Waals surface area contributed by atoms with E-state index >= 15 is 0 Å². The molecular weight excluding hydrogens is 265 g/mol. The smallest absolute Gasteiger partial charge is 0.405 e. The molecule has 1 heterocycles. The second kappa shape index (κ2) is 6.26. The van der Waals surface area contributed by atoms with Crippen molar-refractivity contribution < 1.29 is 27.5 Å². The van der Waals surface area contributed by atoms with E-state index in [1.54, 1.807) is 12.2 Å². The summed E-state index contributed by atoms with van der Waals surface area (Å²) < 4.78 is 41.7. The molecule has 0 aromatic carbocycles. The van der Waals surface area contributed by atoms with E-state index in [1.165, 1.54) is 22.9 Å². The van der Waals surface area contributed by atoms with Crippen LogP contribution in [0.4, 0.5) is 13.2 Å². The number of esters is 1. The molecule has 0 bridgehead atoms. The Morgan fingerprint density at radius 3 is 2.68 bits per heavy atom. The number of nitrogens with one attached hydrogen (secondary N) is 1. The van der Waals surface area contributed by atoms with Gasteiger partial charge in [-0.3, -0.25) is 4.79 Å². The third-order valence-electron chi connectivity index (χ3n) is 2.11. The van der Waals surface area contributed by atoms with Gasteiger partial charge < -0.3 is 14.6 Å². The largest absolute Gasteiger partial charge is 0.461 e. The monoisotopic (exact) mass is 278 g/mol. The molecule has 0 aliphatic rings. The van der Waals surface area contributed by atoms with Gasteiger partial charge in [0.1, 0.15) is 18.8 Å². The number of carbonyl (C=O) groups excluding carboxylic acids is 2. The van der Waals surface area contributed by atoms with E-state index in [2.05, 4.69) is 0 Å². The van der Waals surface area contributed by atoms with Gasteiger partial charge in [0.2, 0.25) is 5.91 Å². The summed E-state index contributed by atoms with van der Waals surface area (Å²) in [6.07, 6.45) is -3.05. The number of aromatic nitrogens is 1. The molecule has 1 aromatic rings. The molecule has 1 N–H and O–H groups in total. The van der Waals surface area contributed by atoms with Crippen LogP contribution >= 0.6 is 0 Å². The fraction of sp³-hybridized carbons (Fsp3) is 0.455. The Balaban J connectivity index is 2.60. The van der Waals surface area contributed by atoms with Gasteiger partial charge in [0, 0.05) is 6.20 Å². The molecule has 106 valence electrons. The van der Waals surface area contributed by atoms with E-state index in [1.807, 2.05) is 0 Å². The highest BCUT2D eigenvalue weighted by Crippen LogP contribution is 2.12. The maximum absolute atomic E-state index is 11.9. The van der Waals surface area contributed by atoms with Gasteiger partial charge in [0.05, 0.1) is 6.61 Å². The fourth-order valence-electron chi connectivity index (χ4n) is 1.35. The van der Waals surface area contributed by atoms with E-state index in [0.717, 1.165) is 0 Å². The van der Waals surface area contributed by atoms with Crippen LogP contribution in [0.2, 0.25) is 0 Å². The van der Waals surface area contributed by atoms with Crippen molar-refractivity contribution in [1.82, 2.24) is 9.88 Å². The molecule has 1 aromatic heterocycles. The van der Waals surface area contributed by atoms with E-state index in [-0.39, 0.29) is 18.8 Å². The molecule has 0 radical (unpaired) electrons. The molecule has 0 saturated heterocycles. The number of alkyl halides is 3. The minimum atomic E-state index is -4.46. The number of hydrogen-bond donors (Lipinski definition) is 1. The van der Waals surface area contributed by atoms with E-state index in [9.17, 15) is 22.8 Å². The summed E-state index contributed by atoms with van der Waals surface area (Å²) >= 11 is 0. The van der Waals surface area contributed by atoms with Gasteiger partial charge in [-0.2, -0.15) is 13.2 Å². The minimum Gasteiger partial charge on any atom is -0.461 e. The number of ether oxygens (including phenoxy) is 1. The Bertz CT molecular complexity index is 454. The number of hydrogen-bond acceptors (Lipinski definition) is 3. The summed E-state index contributed by atoms with van der Waals surface area (Å²) in [7, 11) is 0. The molecular formula is C11H13F3N2O3. The molecule has 0 aliphatic carbocycles. The molecule has 0 fully saturated rings. The maximum atomic E-state index is 11.9.